The molecular formula is C14H12N2OS. The molecule has 18 heavy (non-hydrogen) atoms. The molecule has 1 aromatic heterocycles. The predicted octanol–water partition coefficient (Wildman–Crippen LogP) is 3.31. The topological polar surface area (TPSA) is 44.1 Å². The first kappa shape index (κ1) is 12.3. The van der Waals surface area contributed by atoms with Gasteiger partial charge in [0.2, 0.25) is 0 Å². The summed E-state index contributed by atoms with van der Waals surface area (Å²) < 4.78 is 0. The second-order valence-electron chi connectivity index (χ2n) is 3.68. The highest BCUT2D eigenvalue weighted by Gasteiger charge is 2.17. The van der Waals surface area contributed by atoms with E-state index in [-0.39, 0.29) is 5.91 Å². The molecule has 0 fully saturated rings. The average Bonchev–Trinajstić information content (AvgIpc) is 2.94. The van der Waals surface area contributed by atoms with Crippen LogP contribution >= 0.6 is 11.3 Å². The summed E-state index contributed by atoms with van der Waals surface area (Å²) in [6.45, 7) is 0.414. The minimum Gasteiger partial charge on any atom is -0.307 e. The van der Waals surface area contributed by atoms with Crippen LogP contribution in [-0.4, -0.2) is 12.5 Å². The molecule has 0 unspecified atom stereocenters. The summed E-state index contributed by atoms with van der Waals surface area (Å²) in [4.78, 5) is 14.7. The largest absolute Gasteiger partial charge is 0.307 e. The maximum absolute atomic E-state index is 12.3. The van der Waals surface area contributed by atoms with Crippen LogP contribution in [0.15, 0.2) is 47.8 Å². The molecule has 1 heterocycles. The van der Waals surface area contributed by atoms with Crippen LogP contribution in [0.4, 0.5) is 5.69 Å². The summed E-state index contributed by atoms with van der Waals surface area (Å²) in [6.07, 6.45) is 0.325. The number of hydrogen-bond donors (Lipinski definition) is 0. The van der Waals surface area contributed by atoms with Crippen LogP contribution in [-0.2, 0) is 0 Å². The van der Waals surface area contributed by atoms with E-state index in [2.05, 4.69) is 6.07 Å². The van der Waals surface area contributed by atoms with Crippen molar-refractivity contribution < 1.29 is 4.79 Å². The number of para-hydroxylation sites is 1. The molecule has 0 aliphatic rings. The number of carbonyl (C=O) groups excluding carboxylic acids is 1. The fourth-order valence-electron chi connectivity index (χ4n) is 1.65. The molecule has 4 heteroatoms. The maximum Gasteiger partial charge on any atom is 0.268 e. The zero-order chi connectivity index (χ0) is 12.8. The summed E-state index contributed by atoms with van der Waals surface area (Å²) >= 11 is 1.41. The Morgan fingerprint density at radius 1 is 1.22 bits per heavy atom. The molecule has 2 rings (SSSR count). The van der Waals surface area contributed by atoms with E-state index in [1.807, 2.05) is 41.8 Å². The first-order valence-corrected chi connectivity index (χ1v) is 6.48. The number of thiophene rings is 1. The van der Waals surface area contributed by atoms with Crippen molar-refractivity contribution in [2.45, 2.75) is 6.42 Å². The predicted molar refractivity (Wildman–Crippen MR) is 72.7 cm³/mol. The molecule has 90 valence electrons. The Hall–Kier alpha value is -2.12. The van der Waals surface area contributed by atoms with Crippen molar-refractivity contribution in [3.05, 3.63) is 52.7 Å². The molecule has 0 spiro atoms. The van der Waals surface area contributed by atoms with Crippen LogP contribution in [0.3, 0.4) is 0 Å². The Morgan fingerprint density at radius 3 is 2.61 bits per heavy atom. The summed E-state index contributed by atoms with van der Waals surface area (Å²) in [5.41, 5.74) is 0.825. The first-order valence-electron chi connectivity index (χ1n) is 5.60. The van der Waals surface area contributed by atoms with Crippen molar-refractivity contribution in [1.82, 2.24) is 0 Å². The quantitative estimate of drug-likeness (QED) is 0.842. The van der Waals surface area contributed by atoms with Gasteiger partial charge >= 0.3 is 0 Å². The molecule has 0 saturated carbocycles. The molecule has 1 amide bonds. The molecule has 2 aromatic rings. The minimum absolute atomic E-state index is 0.0496. The molecule has 0 aliphatic carbocycles. The van der Waals surface area contributed by atoms with Gasteiger partial charge < -0.3 is 4.90 Å². The third kappa shape index (κ3) is 2.76. The number of hydrogen-bond acceptors (Lipinski definition) is 3. The van der Waals surface area contributed by atoms with Gasteiger partial charge in [0.1, 0.15) is 0 Å². The van der Waals surface area contributed by atoms with E-state index in [9.17, 15) is 4.79 Å². The molecule has 0 saturated heterocycles. The van der Waals surface area contributed by atoms with Crippen molar-refractivity contribution >= 4 is 22.9 Å². The SMILES string of the molecule is N#CCCN(C(=O)c1cccs1)c1ccccc1. The van der Waals surface area contributed by atoms with E-state index in [0.717, 1.165) is 5.69 Å². The van der Waals surface area contributed by atoms with Gasteiger partial charge in [-0.15, -0.1) is 11.3 Å². The zero-order valence-corrected chi connectivity index (χ0v) is 10.6. The van der Waals surface area contributed by atoms with Crippen LogP contribution in [0.2, 0.25) is 0 Å². The molecule has 0 atom stereocenters. The van der Waals surface area contributed by atoms with Crippen molar-refractivity contribution in [2.75, 3.05) is 11.4 Å². The Morgan fingerprint density at radius 2 is 2.00 bits per heavy atom. The van der Waals surface area contributed by atoms with Crippen molar-refractivity contribution in [2.24, 2.45) is 0 Å². The van der Waals surface area contributed by atoms with Crippen LogP contribution in [0, 0.1) is 11.3 Å². The Bertz CT molecular complexity index is 543. The van der Waals surface area contributed by atoms with Crippen molar-refractivity contribution in [3.63, 3.8) is 0 Å². The second kappa shape index (κ2) is 5.99. The van der Waals surface area contributed by atoms with Crippen LogP contribution in [0.5, 0.6) is 0 Å². The summed E-state index contributed by atoms with van der Waals surface area (Å²) in [7, 11) is 0. The normalized spacial score (nSPS) is 9.72. The highest BCUT2D eigenvalue weighted by Crippen LogP contribution is 2.19. The van der Waals surface area contributed by atoms with E-state index in [1.54, 1.807) is 11.0 Å². The number of nitrogens with zero attached hydrogens (tertiary/aromatic N) is 2. The molecule has 1 aromatic carbocycles. The van der Waals surface area contributed by atoms with Gasteiger partial charge in [-0.05, 0) is 23.6 Å². The van der Waals surface area contributed by atoms with Crippen LogP contribution < -0.4 is 4.90 Å². The van der Waals surface area contributed by atoms with Crippen LogP contribution in [0.25, 0.3) is 0 Å². The lowest BCUT2D eigenvalue weighted by atomic mass is 10.2. The van der Waals surface area contributed by atoms with E-state index in [4.69, 9.17) is 5.26 Å². The molecule has 3 nitrogen and oxygen atoms in total. The fourth-order valence-corrected chi connectivity index (χ4v) is 2.32. The lowest BCUT2D eigenvalue weighted by molar-refractivity contribution is 0.0991. The lowest BCUT2D eigenvalue weighted by Crippen LogP contribution is -2.31. The number of nitriles is 1. The molecule has 0 aliphatic heterocycles. The fraction of sp³-hybridized carbons (Fsp3) is 0.143. The van der Waals surface area contributed by atoms with Gasteiger partial charge in [-0.2, -0.15) is 5.26 Å². The van der Waals surface area contributed by atoms with Crippen LogP contribution in [0.1, 0.15) is 16.1 Å². The van der Waals surface area contributed by atoms with Gasteiger partial charge in [0, 0.05) is 12.2 Å². The minimum atomic E-state index is -0.0496. The summed E-state index contributed by atoms with van der Waals surface area (Å²) in [6, 6.07) is 15.2. The molecule has 0 bridgehead atoms. The number of benzene rings is 1. The zero-order valence-electron chi connectivity index (χ0n) is 9.74. The van der Waals surface area contributed by atoms with Gasteiger partial charge in [0.05, 0.1) is 17.4 Å². The monoisotopic (exact) mass is 256 g/mol. The molecular weight excluding hydrogens is 244 g/mol. The maximum atomic E-state index is 12.3. The third-order valence-corrected chi connectivity index (χ3v) is 3.35. The highest BCUT2D eigenvalue weighted by molar-refractivity contribution is 7.12. The lowest BCUT2D eigenvalue weighted by Gasteiger charge is -2.20. The number of rotatable bonds is 4. The van der Waals surface area contributed by atoms with E-state index >= 15 is 0 Å². The standard InChI is InChI=1S/C14H12N2OS/c15-9-5-10-16(12-6-2-1-3-7-12)14(17)13-8-4-11-18-13/h1-4,6-8,11H,5,10H2. The second-order valence-corrected chi connectivity index (χ2v) is 4.63. The Balaban J connectivity index is 2.26. The Kier molecular flexibility index (Phi) is 4.11. The van der Waals surface area contributed by atoms with E-state index < -0.39 is 0 Å². The highest BCUT2D eigenvalue weighted by atomic mass is 32.1. The van der Waals surface area contributed by atoms with Gasteiger partial charge in [0.25, 0.3) is 5.91 Å². The van der Waals surface area contributed by atoms with Gasteiger partial charge in [0.15, 0.2) is 0 Å². The smallest absolute Gasteiger partial charge is 0.268 e. The van der Waals surface area contributed by atoms with Crippen molar-refractivity contribution in [3.8, 4) is 6.07 Å². The summed E-state index contributed by atoms with van der Waals surface area (Å²) in [5.74, 6) is -0.0496. The van der Waals surface area contributed by atoms with Gasteiger partial charge in [-0.3, -0.25) is 4.79 Å². The first-order chi connectivity index (χ1) is 8.83. The van der Waals surface area contributed by atoms with Gasteiger partial charge in [-0.25, -0.2) is 0 Å². The third-order valence-electron chi connectivity index (χ3n) is 2.49. The van der Waals surface area contributed by atoms with Crippen molar-refractivity contribution in [1.29, 1.82) is 5.26 Å². The molecule has 0 N–H and O–H groups in total. The van der Waals surface area contributed by atoms with Gasteiger partial charge in [-0.1, -0.05) is 24.3 Å². The number of anilines is 1. The number of amides is 1. The van der Waals surface area contributed by atoms with E-state index in [1.165, 1.54) is 11.3 Å². The summed E-state index contributed by atoms with van der Waals surface area (Å²) in [5, 5.41) is 10.6. The molecule has 0 radical (unpaired) electrons. The Labute approximate surface area is 110 Å². The number of carbonyl (C=O) groups is 1. The average molecular weight is 256 g/mol. The van der Waals surface area contributed by atoms with E-state index in [0.29, 0.717) is 17.8 Å².